The van der Waals surface area contributed by atoms with Crippen molar-refractivity contribution in [1.29, 1.82) is 0 Å². The highest BCUT2D eigenvalue weighted by Gasteiger charge is 2.50. The van der Waals surface area contributed by atoms with Crippen LogP contribution in [-0.4, -0.2) is 62.9 Å². The van der Waals surface area contributed by atoms with Gasteiger partial charge >= 0.3 is 0 Å². The smallest absolute Gasteiger partial charge is 0.254 e. The minimum atomic E-state index is -3.57. The van der Waals surface area contributed by atoms with Gasteiger partial charge in [0.15, 0.2) is 15.5 Å². The van der Waals surface area contributed by atoms with Gasteiger partial charge in [0.25, 0.3) is 5.91 Å². The number of likely N-dealkylation sites (tertiary alicyclic amines) is 1. The molecule has 36 heavy (non-hydrogen) atoms. The molecule has 12 heteroatoms. The number of rotatable bonds is 6. The summed E-state index contributed by atoms with van der Waals surface area (Å²) in [5.74, 6) is -3.41. The van der Waals surface area contributed by atoms with Crippen LogP contribution in [0.1, 0.15) is 35.3 Å². The topological polar surface area (TPSA) is 92.8 Å². The molecule has 2 amide bonds. The molecule has 0 radical (unpaired) electrons. The molecule has 194 valence electrons. The van der Waals surface area contributed by atoms with E-state index in [0.29, 0.717) is 6.07 Å². The van der Waals surface area contributed by atoms with E-state index in [1.165, 1.54) is 29.2 Å². The second-order valence-electron chi connectivity index (χ2n) is 9.37. The first-order valence-corrected chi connectivity index (χ1v) is 13.4. The summed E-state index contributed by atoms with van der Waals surface area (Å²) < 4.78 is 73.1. The van der Waals surface area contributed by atoms with Gasteiger partial charge in [-0.25, -0.2) is 21.6 Å². The van der Waals surface area contributed by atoms with Crippen LogP contribution in [0.3, 0.4) is 0 Å². The number of nitrogens with zero attached hydrogens (tertiary/aromatic N) is 1. The zero-order valence-electron chi connectivity index (χ0n) is 19.4. The molecule has 2 fully saturated rings. The van der Waals surface area contributed by atoms with Crippen LogP contribution in [-0.2, 0) is 19.4 Å². The Morgan fingerprint density at radius 2 is 1.89 bits per heavy atom. The fraction of sp³-hybridized carbons (Fsp3) is 0.417. The lowest BCUT2D eigenvalue weighted by Crippen LogP contribution is -2.58. The highest BCUT2D eigenvalue weighted by Crippen LogP contribution is 2.39. The molecule has 2 aromatic carbocycles. The van der Waals surface area contributed by atoms with E-state index in [4.69, 9.17) is 16.3 Å². The number of amides is 2. The number of sulfone groups is 1. The third kappa shape index (κ3) is 5.09. The molecule has 0 saturated carbocycles. The Balaban J connectivity index is 1.63. The molecule has 0 unspecified atom stereocenters. The summed E-state index contributed by atoms with van der Waals surface area (Å²) in [6, 6.07) is 4.26. The van der Waals surface area contributed by atoms with Crippen molar-refractivity contribution in [1.82, 2.24) is 10.2 Å². The normalized spacial score (nSPS) is 22.1. The molecule has 3 atom stereocenters. The van der Waals surface area contributed by atoms with Crippen molar-refractivity contribution in [2.75, 3.05) is 26.0 Å². The summed E-state index contributed by atoms with van der Waals surface area (Å²) in [6.45, 7) is 1.13. The monoisotopic (exact) mass is 544 g/mol. The summed E-state index contributed by atoms with van der Waals surface area (Å²) >= 11 is 5.63. The SMILES string of the molecule is C[C@@H]1C[C@H](C(=O)N[C@@H](c2cc(F)c(Cl)cc2F)C2(F)COC2)N(C(=O)c2cccc(S(C)(=O)=O)c2)C1. The van der Waals surface area contributed by atoms with Gasteiger partial charge < -0.3 is 15.0 Å². The van der Waals surface area contributed by atoms with Crippen LogP contribution < -0.4 is 5.32 Å². The predicted molar refractivity (Wildman–Crippen MR) is 125 cm³/mol. The van der Waals surface area contributed by atoms with Gasteiger partial charge in [-0.15, -0.1) is 0 Å². The first-order valence-electron chi connectivity index (χ1n) is 11.1. The first-order chi connectivity index (χ1) is 16.8. The first kappa shape index (κ1) is 26.4. The highest BCUT2D eigenvalue weighted by molar-refractivity contribution is 7.90. The Morgan fingerprint density at radius 1 is 1.19 bits per heavy atom. The van der Waals surface area contributed by atoms with Crippen LogP contribution in [0, 0.1) is 17.6 Å². The molecule has 0 bridgehead atoms. The molecule has 0 spiro atoms. The molecule has 0 aromatic heterocycles. The van der Waals surface area contributed by atoms with Crippen molar-refractivity contribution >= 4 is 33.3 Å². The van der Waals surface area contributed by atoms with Crippen molar-refractivity contribution in [2.45, 2.75) is 36.0 Å². The maximum Gasteiger partial charge on any atom is 0.254 e. The van der Waals surface area contributed by atoms with Gasteiger partial charge in [0.1, 0.15) is 17.7 Å². The minimum absolute atomic E-state index is 0.0498. The Bertz CT molecular complexity index is 1320. The van der Waals surface area contributed by atoms with Gasteiger partial charge in [0.05, 0.1) is 29.2 Å². The van der Waals surface area contributed by atoms with Crippen LogP contribution in [0.15, 0.2) is 41.3 Å². The molecule has 2 aromatic rings. The number of hydrogen-bond donors (Lipinski definition) is 1. The third-order valence-corrected chi connectivity index (χ3v) is 7.82. The van der Waals surface area contributed by atoms with E-state index in [0.717, 1.165) is 12.3 Å². The van der Waals surface area contributed by atoms with Crippen molar-refractivity contribution < 1.29 is 35.9 Å². The van der Waals surface area contributed by atoms with Crippen LogP contribution in [0.4, 0.5) is 13.2 Å². The number of benzene rings is 2. The average Bonchev–Trinajstić information content (AvgIpc) is 3.19. The fourth-order valence-corrected chi connectivity index (χ4v) is 5.31. The van der Waals surface area contributed by atoms with E-state index in [-0.39, 0.29) is 29.3 Å². The van der Waals surface area contributed by atoms with Gasteiger partial charge in [0, 0.05) is 23.9 Å². The second kappa shape index (κ2) is 9.68. The zero-order valence-corrected chi connectivity index (χ0v) is 21.0. The average molecular weight is 545 g/mol. The van der Waals surface area contributed by atoms with E-state index in [9.17, 15) is 26.8 Å². The standard InChI is InChI=1S/C24H24ClF3N2O5S/c1-13-6-20(30(10-13)23(32)14-4-3-5-15(7-14)36(2,33)34)22(31)29-21(24(28)11-35-12-24)16-8-19(27)17(25)9-18(16)26/h3-5,7-9,13,20-21H,6,10-12H2,1-2H3,(H,29,31)/t13-,20-,21+/m1/s1. The lowest BCUT2D eigenvalue weighted by Gasteiger charge is -2.41. The fourth-order valence-electron chi connectivity index (χ4n) is 4.49. The molecule has 2 saturated heterocycles. The van der Waals surface area contributed by atoms with Crippen LogP contribution in [0.2, 0.25) is 5.02 Å². The zero-order chi connectivity index (χ0) is 26.4. The number of carbonyl (C=O) groups is 2. The quantitative estimate of drug-likeness (QED) is 0.562. The van der Waals surface area contributed by atoms with E-state index < -0.39 is 74.8 Å². The summed E-state index contributed by atoms with van der Waals surface area (Å²) in [4.78, 5) is 27.8. The number of alkyl halides is 1. The van der Waals surface area contributed by atoms with Gasteiger partial charge in [-0.1, -0.05) is 24.6 Å². The van der Waals surface area contributed by atoms with Gasteiger partial charge in [-0.3, -0.25) is 9.59 Å². The Kier molecular flexibility index (Phi) is 7.11. The van der Waals surface area contributed by atoms with Crippen LogP contribution in [0.5, 0.6) is 0 Å². The number of nitrogens with one attached hydrogen (secondary N) is 1. The maximum atomic E-state index is 15.5. The van der Waals surface area contributed by atoms with Gasteiger partial charge in [0.2, 0.25) is 5.91 Å². The summed E-state index contributed by atoms with van der Waals surface area (Å²) in [5.41, 5.74) is -2.55. The molecule has 7 nitrogen and oxygen atoms in total. The Hall–Kier alpha value is -2.63. The maximum absolute atomic E-state index is 15.5. The summed E-state index contributed by atoms with van der Waals surface area (Å²) in [7, 11) is -3.57. The molecule has 2 aliphatic rings. The van der Waals surface area contributed by atoms with Gasteiger partial charge in [-0.2, -0.15) is 0 Å². The van der Waals surface area contributed by atoms with Gasteiger partial charge in [-0.05, 0) is 42.7 Å². The largest absolute Gasteiger partial charge is 0.374 e. The second-order valence-corrected chi connectivity index (χ2v) is 11.8. The van der Waals surface area contributed by atoms with E-state index in [1.807, 2.05) is 6.92 Å². The van der Waals surface area contributed by atoms with E-state index >= 15 is 4.39 Å². The number of halogens is 4. The van der Waals surface area contributed by atoms with Crippen molar-refractivity contribution in [3.63, 3.8) is 0 Å². The van der Waals surface area contributed by atoms with E-state index in [2.05, 4.69) is 5.32 Å². The van der Waals surface area contributed by atoms with Crippen molar-refractivity contribution in [3.05, 3.63) is 64.2 Å². The number of ether oxygens (including phenoxy) is 1. The molecule has 4 rings (SSSR count). The van der Waals surface area contributed by atoms with Crippen molar-refractivity contribution in [2.24, 2.45) is 5.92 Å². The molecule has 2 aliphatic heterocycles. The van der Waals surface area contributed by atoms with Crippen LogP contribution in [0.25, 0.3) is 0 Å². The summed E-state index contributed by atoms with van der Waals surface area (Å²) in [5, 5.41) is 1.98. The van der Waals surface area contributed by atoms with Crippen molar-refractivity contribution in [3.8, 4) is 0 Å². The highest BCUT2D eigenvalue weighted by atomic mass is 35.5. The Labute approximate surface area is 211 Å². The minimum Gasteiger partial charge on any atom is -0.374 e. The molecular formula is C24H24ClF3N2O5S. The predicted octanol–water partition coefficient (Wildman–Crippen LogP) is 3.47. The molecule has 0 aliphatic carbocycles. The molecular weight excluding hydrogens is 521 g/mol. The van der Waals surface area contributed by atoms with E-state index in [1.54, 1.807) is 0 Å². The molecule has 1 N–H and O–H groups in total. The third-order valence-electron chi connectivity index (χ3n) is 6.42. The molecule has 2 heterocycles. The summed E-state index contributed by atoms with van der Waals surface area (Å²) in [6.07, 6.45) is 1.25. The number of carbonyl (C=O) groups excluding carboxylic acids is 2. The lowest BCUT2D eigenvalue weighted by atomic mass is 9.87. The van der Waals surface area contributed by atoms with Crippen LogP contribution >= 0.6 is 11.6 Å². The Morgan fingerprint density at radius 3 is 2.50 bits per heavy atom. The number of hydrogen-bond acceptors (Lipinski definition) is 5. The lowest BCUT2D eigenvalue weighted by molar-refractivity contribution is -0.155.